The highest BCUT2D eigenvalue weighted by Gasteiger charge is 2.33. The molecule has 0 aliphatic carbocycles. The zero-order valence-electron chi connectivity index (χ0n) is 21.6. The Labute approximate surface area is 199 Å². The molecule has 9 heteroatoms. The second-order valence-electron chi connectivity index (χ2n) is 10.0. The Morgan fingerprint density at radius 1 is 0.697 bits per heavy atom. The van der Waals surface area contributed by atoms with Crippen molar-refractivity contribution in [3.8, 4) is 0 Å². The van der Waals surface area contributed by atoms with E-state index in [9.17, 15) is 24.3 Å². The van der Waals surface area contributed by atoms with Crippen molar-refractivity contribution in [2.24, 2.45) is 29.4 Å². The van der Waals surface area contributed by atoms with Crippen LogP contribution in [0.25, 0.3) is 0 Å². The summed E-state index contributed by atoms with van der Waals surface area (Å²) < 4.78 is 0. The van der Waals surface area contributed by atoms with Crippen LogP contribution in [0.4, 0.5) is 0 Å². The number of hydrogen-bond acceptors (Lipinski definition) is 5. The average molecular weight is 471 g/mol. The predicted octanol–water partition coefficient (Wildman–Crippen LogP) is 2.04. The van der Waals surface area contributed by atoms with Gasteiger partial charge < -0.3 is 26.8 Å². The predicted molar refractivity (Wildman–Crippen MR) is 129 cm³/mol. The van der Waals surface area contributed by atoms with Crippen molar-refractivity contribution in [1.29, 1.82) is 0 Å². The Morgan fingerprint density at radius 3 is 1.58 bits per heavy atom. The highest BCUT2D eigenvalue weighted by Crippen LogP contribution is 2.13. The molecule has 192 valence electrons. The Kier molecular flexibility index (Phi) is 13.9. The van der Waals surface area contributed by atoms with Gasteiger partial charge in [0.2, 0.25) is 17.7 Å². The third-order valence-corrected chi connectivity index (χ3v) is 5.97. The van der Waals surface area contributed by atoms with Gasteiger partial charge in [0, 0.05) is 0 Å². The molecule has 6 atom stereocenters. The van der Waals surface area contributed by atoms with Crippen molar-refractivity contribution in [2.75, 3.05) is 0 Å². The van der Waals surface area contributed by atoms with Crippen LogP contribution in [0.5, 0.6) is 0 Å². The van der Waals surface area contributed by atoms with Gasteiger partial charge in [0.25, 0.3) is 0 Å². The molecule has 0 heterocycles. The number of carboxylic acid groups (broad SMARTS) is 1. The van der Waals surface area contributed by atoms with E-state index in [-0.39, 0.29) is 23.7 Å². The number of carbonyl (C=O) groups is 4. The van der Waals surface area contributed by atoms with Gasteiger partial charge in [0.15, 0.2) is 0 Å². The van der Waals surface area contributed by atoms with Gasteiger partial charge in [-0.05, 0) is 36.5 Å². The first-order valence-corrected chi connectivity index (χ1v) is 12.1. The first kappa shape index (κ1) is 30.8. The molecule has 0 radical (unpaired) electrons. The Morgan fingerprint density at radius 2 is 1.15 bits per heavy atom. The molecule has 6 N–H and O–H groups in total. The Balaban J connectivity index is 5.59. The van der Waals surface area contributed by atoms with Crippen LogP contribution >= 0.6 is 0 Å². The smallest absolute Gasteiger partial charge is 0.326 e. The minimum atomic E-state index is -1.11. The van der Waals surface area contributed by atoms with Crippen LogP contribution in [-0.2, 0) is 19.2 Å². The lowest BCUT2D eigenvalue weighted by Crippen LogP contribution is -2.59. The molecule has 33 heavy (non-hydrogen) atoms. The van der Waals surface area contributed by atoms with E-state index < -0.39 is 47.9 Å². The van der Waals surface area contributed by atoms with Crippen LogP contribution in [0.3, 0.4) is 0 Å². The van der Waals surface area contributed by atoms with Gasteiger partial charge in [0.1, 0.15) is 18.1 Å². The van der Waals surface area contributed by atoms with E-state index >= 15 is 0 Å². The molecular formula is C24H46N4O5. The van der Waals surface area contributed by atoms with Gasteiger partial charge in [-0.15, -0.1) is 0 Å². The van der Waals surface area contributed by atoms with Crippen molar-refractivity contribution in [3.05, 3.63) is 0 Å². The molecule has 3 amide bonds. The summed E-state index contributed by atoms with van der Waals surface area (Å²) in [5, 5.41) is 17.6. The lowest BCUT2D eigenvalue weighted by Gasteiger charge is -2.29. The fourth-order valence-electron chi connectivity index (χ4n) is 3.48. The molecule has 0 aliphatic rings. The fourth-order valence-corrected chi connectivity index (χ4v) is 3.48. The number of carboxylic acids is 1. The normalized spacial score (nSPS) is 16.9. The zero-order valence-corrected chi connectivity index (χ0v) is 21.6. The molecule has 0 saturated heterocycles. The van der Waals surface area contributed by atoms with Gasteiger partial charge in [-0.25, -0.2) is 4.79 Å². The van der Waals surface area contributed by atoms with Crippen LogP contribution in [0.15, 0.2) is 0 Å². The summed E-state index contributed by atoms with van der Waals surface area (Å²) in [5.74, 6) is -2.70. The summed E-state index contributed by atoms with van der Waals surface area (Å²) in [4.78, 5) is 50.4. The molecular weight excluding hydrogens is 424 g/mol. The maximum absolute atomic E-state index is 13.2. The first-order valence-electron chi connectivity index (χ1n) is 12.1. The number of nitrogens with one attached hydrogen (secondary N) is 3. The van der Waals surface area contributed by atoms with E-state index in [2.05, 4.69) is 16.0 Å². The maximum Gasteiger partial charge on any atom is 0.326 e. The summed E-state index contributed by atoms with van der Waals surface area (Å²) in [5.41, 5.74) is 5.98. The monoisotopic (exact) mass is 470 g/mol. The molecule has 9 nitrogen and oxygen atoms in total. The zero-order chi connectivity index (χ0) is 25.9. The standard InChI is InChI=1S/C24H46N4O5/c1-9-15(7)19(27-21(29)17(25)11-13(3)4)23(31)26-18(12-14(5)6)22(30)28-20(24(32)33)16(8)10-2/h13-20H,9-12,25H2,1-8H3,(H,26,31)(H,27,29)(H,28,30)(H,32,33). The molecule has 6 unspecified atom stereocenters. The number of carbonyl (C=O) groups excluding carboxylic acids is 3. The third kappa shape index (κ3) is 11.0. The second kappa shape index (κ2) is 14.9. The summed E-state index contributed by atoms with van der Waals surface area (Å²) in [6.07, 6.45) is 2.04. The third-order valence-electron chi connectivity index (χ3n) is 5.97. The Hall–Kier alpha value is -2.16. The number of amides is 3. The fraction of sp³-hybridized carbons (Fsp3) is 0.833. The van der Waals surface area contributed by atoms with Gasteiger partial charge in [-0.2, -0.15) is 0 Å². The van der Waals surface area contributed by atoms with Crippen LogP contribution < -0.4 is 21.7 Å². The van der Waals surface area contributed by atoms with Crippen LogP contribution in [0, 0.1) is 23.7 Å². The first-order chi connectivity index (χ1) is 15.2. The number of hydrogen-bond donors (Lipinski definition) is 5. The van der Waals surface area contributed by atoms with Gasteiger partial charge in [-0.3, -0.25) is 14.4 Å². The van der Waals surface area contributed by atoms with Crippen molar-refractivity contribution in [2.45, 2.75) is 105 Å². The van der Waals surface area contributed by atoms with E-state index in [0.717, 1.165) is 0 Å². The van der Waals surface area contributed by atoms with Crippen molar-refractivity contribution < 1.29 is 24.3 Å². The highest BCUT2D eigenvalue weighted by molar-refractivity contribution is 5.94. The summed E-state index contributed by atoms with van der Waals surface area (Å²) in [7, 11) is 0. The molecule has 0 aromatic heterocycles. The quantitative estimate of drug-likeness (QED) is 0.247. The minimum absolute atomic E-state index is 0.0732. The topological polar surface area (TPSA) is 151 Å². The number of nitrogens with two attached hydrogens (primary N) is 1. The number of rotatable bonds is 15. The molecule has 0 aromatic carbocycles. The van der Waals surface area contributed by atoms with E-state index in [4.69, 9.17) is 5.73 Å². The molecule has 0 bridgehead atoms. The summed E-state index contributed by atoms with van der Waals surface area (Å²) >= 11 is 0. The number of aliphatic carboxylic acids is 1. The average Bonchev–Trinajstić information content (AvgIpc) is 2.72. The van der Waals surface area contributed by atoms with E-state index in [0.29, 0.717) is 25.7 Å². The molecule has 0 aliphatic heterocycles. The van der Waals surface area contributed by atoms with Crippen molar-refractivity contribution in [1.82, 2.24) is 16.0 Å². The Bertz CT molecular complexity index is 653. The lowest BCUT2D eigenvalue weighted by atomic mass is 9.95. The van der Waals surface area contributed by atoms with E-state index in [1.807, 2.05) is 48.5 Å². The second-order valence-corrected chi connectivity index (χ2v) is 10.0. The SMILES string of the molecule is CCC(C)C(NC(=O)C(CC(C)C)NC(=O)C(NC(=O)C(N)CC(C)C)C(C)CC)C(=O)O. The molecule has 0 rings (SSSR count). The molecule has 0 saturated carbocycles. The van der Waals surface area contributed by atoms with Gasteiger partial charge >= 0.3 is 5.97 Å². The molecule has 0 spiro atoms. The summed E-state index contributed by atoms with van der Waals surface area (Å²) in [6.45, 7) is 15.1. The lowest BCUT2D eigenvalue weighted by molar-refractivity contribution is -0.144. The molecule has 0 aromatic rings. The minimum Gasteiger partial charge on any atom is -0.480 e. The van der Waals surface area contributed by atoms with Crippen molar-refractivity contribution in [3.63, 3.8) is 0 Å². The largest absolute Gasteiger partial charge is 0.480 e. The van der Waals surface area contributed by atoms with Gasteiger partial charge in [0.05, 0.1) is 6.04 Å². The van der Waals surface area contributed by atoms with Crippen molar-refractivity contribution >= 4 is 23.7 Å². The van der Waals surface area contributed by atoms with Gasteiger partial charge in [-0.1, -0.05) is 68.2 Å². The molecule has 0 fully saturated rings. The summed E-state index contributed by atoms with van der Waals surface area (Å²) in [6, 6.07) is -3.55. The highest BCUT2D eigenvalue weighted by atomic mass is 16.4. The maximum atomic E-state index is 13.2. The van der Waals surface area contributed by atoms with Crippen LogP contribution in [-0.4, -0.2) is 53.0 Å². The van der Waals surface area contributed by atoms with Crippen LogP contribution in [0.2, 0.25) is 0 Å². The van der Waals surface area contributed by atoms with Crippen LogP contribution in [0.1, 0.15) is 81.1 Å². The van der Waals surface area contributed by atoms with E-state index in [1.165, 1.54) is 0 Å². The van der Waals surface area contributed by atoms with E-state index in [1.54, 1.807) is 6.92 Å².